The van der Waals surface area contributed by atoms with Crippen molar-refractivity contribution < 1.29 is 9.53 Å². The molecule has 98 valence electrons. The van der Waals surface area contributed by atoms with E-state index >= 15 is 0 Å². The molecule has 2 fully saturated rings. The van der Waals surface area contributed by atoms with Gasteiger partial charge in [-0.25, -0.2) is 4.79 Å². The normalized spacial score (nSPS) is 31.6. The first kappa shape index (κ1) is 11.8. The van der Waals surface area contributed by atoms with Crippen LogP contribution in [0.3, 0.4) is 0 Å². The molecule has 2 unspecified atom stereocenters. The summed E-state index contributed by atoms with van der Waals surface area (Å²) in [5.41, 5.74) is 0.640. The minimum absolute atomic E-state index is 0.0982. The summed E-state index contributed by atoms with van der Waals surface area (Å²) < 4.78 is 7.47. The molecule has 3 heterocycles. The molecule has 0 saturated carbocycles. The van der Waals surface area contributed by atoms with Crippen LogP contribution in [0.5, 0.6) is 0 Å². The van der Waals surface area contributed by atoms with E-state index in [4.69, 9.17) is 4.74 Å². The molecule has 2 aliphatic heterocycles. The van der Waals surface area contributed by atoms with Crippen LogP contribution < -0.4 is 0 Å². The molecule has 3 rings (SSSR count). The van der Waals surface area contributed by atoms with Crippen molar-refractivity contribution in [2.45, 2.75) is 43.9 Å². The summed E-state index contributed by atoms with van der Waals surface area (Å²) in [6.07, 6.45) is 6.45. The molecule has 2 atom stereocenters. The maximum atomic E-state index is 12.1. The quantitative estimate of drug-likeness (QED) is 0.749. The van der Waals surface area contributed by atoms with E-state index < -0.39 is 0 Å². The average Bonchev–Trinajstić information content (AvgIpc) is 2.82. The minimum Gasteiger partial charge on any atom is -0.458 e. The molecule has 0 amide bonds. The number of aryl methyl sites for hydroxylation is 1. The highest BCUT2D eigenvalue weighted by atomic mass is 16.5. The lowest BCUT2D eigenvalue weighted by molar-refractivity contribution is -0.00129. The molecule has 1 aromatic rings. The average molecular weight is 248 g/mol. The molecule has 4 nitrogen and oxygen atoms in total. The highest BCUT2D eigenvalue weighted by Gasteiger charge is 2.40. The number of hydrogen-bond donors (Lipinski definition) is 0. The molecule has 4 heteroatoms. The van der Waals surface area contributed by atoms with E-state index in [1.165, 1.54) is 12.8 Å². The van der Waals surface area contributed by atoms with Gasteiger partial charge >= 0.3 is 5.97 Å². The van der Waals surface area contributed by atoms with Gasteiger partial charge in [-0.1, -0.05) is 0 Å². The van der Waals surface area contributed by atoms with Crippen molar-refractivity contribution in [3.8, 4) is 0 Å². The summed E-state index contributed by atoms with van der Waals surface area (Å²) in [7, 11) is 4.06. The van der Waals surface area contributed by atoms with Crippen molar-refractivity contribution in [2.75, 3.05) is 7.05 Å². The largest absolute Gasteiger partial charge is 0.458 e. The Hall–Kier alpha value is -1.29. The number of piperidine rings is 1. The molecule has 0 N–H and O–H groups in total. The van der Waals surface area contributed by atoms with Gasteiger partial charge in [-0.2, -0.15) is 0 Å². The number of carbonyl (C=O) groups is 1. The first-order valence-electron chi connectivity index (χ1n) is 6.69. The van der Waals surface area contributed by atoms with E-state index in [9.17, 15) is 4.79 Å². The lowest BCUT2D eigenvalue weighted by atomic mass is 10.0. The van der Waals surface area contributed by atoms with Crippen LogP contribution in [0, 0.1) is 0 Å². The zero-order valence-corrected chi connectivity index (χ0v) is 11.0. The molecule has 2 aliphatic rings. The summed E-state index contributed by atoms with van der Waals surface area (Å²) >= 11 is 0. The summed E-state index contributed by atoms with van der Waals surface area (Å²) in [5.74, 6) is -0.184. The topological polar surface area (TPSA) is 34.5 Å². The predicted molar refractivity (Wildman–Crippen MR) is 68.4 cm³/mol. The number of nitrogens with zero attached hydrogens (tertiary/aromatic N) is 2. The standard InChI is InChI=1S/C14H20N2O2/c1-15-7-3-4-13(15)14(17)18-12-8-10-5-6-11(9-12)16(10)2/h3-4,7,10-12H,5-6,8-9H2,1-2H3. The Labute approximate surface area is 108 Å². The van der Waals surface area contributed by atoms with Crippen molar-refractivity contribution >= 4 is 5.97 Å². The highest BCUT2D eigenvalue weighted by molar-refractivity contribution is 5.87. The van der Waals surface area contributed by atoms with E-state index in [1.54, 1.807) is 0 Å². The zero-order chi connectivity index (χ0) is 12.7. The predicted octanol–water partition coefficient (Wildman–Crippen LogP) is 1.81. The smallest absolute Gasteiger partial charge is 0.355 e. The summed E-state index contributed by atoms with van der Waals surface area (Å²) in [6, 6.07) is 4.89. The second-order valence-electron chi connectivity index (χ2n) is 5.55. The van der Waals surface area contributed by atoms with Gasteiger partial charge in [-0.15, -0.1) is 0 Å². The van der Waals surface area contributed by atoms with Crippen molar-refractivity contribution in [3.05, 3.63) is 24.0 Å². The molecule has 1 aromatic heterocycles. The number of aromatic nitrogens is 1. The van der Waals surface area contributed by atoms with Crippen LogP contribution in [0.15, 0.2) is 18.3 Å². The van der Waals surface area contributed by atoms with Crippen LogP contribution in [0.4, 0.5) is 0 Å². The van der Waals surface area contributed by atoms with Gasteiger partial charge in [-0.05, 0) is 32.0 Å². The van der Waals surface area contributed by atoms with Gasteiger partial charge in [0, 0.05) is 38.2 Å². The molecule has 2 saturated heterocycles. The fourth-order valence-corrected chi connectivity index (χ4v) is 3.34. The third-order valence-electron chi connectivity index (χ3n) is 4.48. The van der Waals surface area contributed by atoms with Crippen LogP contribution >= 0.6 is 0 Å². The van der Waals surface area contributed by atoms with E-state index in [1.807, 2.05) is 29.9 Å². The zero-order valence-electron chi connectivity index (χ0n) is 11.0. The van der Waals surface area contributed by atoms with Crippen LogP contribution in [-0.2, 0) is 11.8 Å². The second-order valence-corrected chi connectivity index (χ2v) is 5.55. The lowest BCUT2D eigenvalue weighted by Crippen LogP contribution is -2.43. The Morgan fingerprint density at radius 3 is 2.50 bits per heavy atom. The molecule has 0 aromatic carbocycles. The minimum atomic E-state index is -0.184. The van der Waals surface area contributed by atoms with Gasteiger partial charge in [0.2, 0.25) is 0 Å². The maximum Gasteiger partial charge on any atom is 0.355 e. The number of esters is 1. The van der Waals surface area contributed by atoms with Crippen LogP contribution in [0.2, 0.25) is 0 Å². The Bertz CT molecular complexity index is 440. The van der Waals surface area contributed by atoms with Gasteiger partial charge in [0.25, 0.3) is 0 Å². The molecule has 0 radical (unpaired) electrons. The van der Waals surface area contributed by atoms with Crippen LogP contribution in [-0.4, -0.2) is 40.7 Å². The number of hydrogen-bond acceptors (Lipinski definition) is 3. The Kier molecular flexibility index (Phi) is 2.90. The third kappa shape index (κ3) is 1.94. The lowest BCUT2D eigenvalue weighted by Gasteiger charge is -2.35. The summed E-state index contributed by atoms with van der Waals surface area (Å²) in [5, 5.41) is 0. The fourth-order valence-electron chi connectivity index (χ4n) is 3.34. The van der Waals surface area contributed by atoms with Crippen molar-refractivity contribution in [1.29, 1.82) is 0 Å². The highest BCUT2D eigenvalue weighted by Crippen LogP contribution is 2.35. The van der Waals surface area contributed by atoms with Gasteiger partial charge < -0.3 is 14.2 Å². The van der Waals surface area contributed by atoms with E-state index in [-0.39, 0.29) is 12.1 Å². The molecule has 0 spiro atoms. The molecule has 2 bridgehead atoms. The van der Waals surface area contributed by atoms with Crippen molar-refractivity contribution in [2.24, 2.45) is 7.05 Å². The van der Waals surface area contributed by atoms with Crippen LogP contribution in [0.25, 0.3) is 0 Å². The number of ether oxygens (including phenoxy) is 1. The van der Waals surface area contributed by atoms with Gasteiger partial charge in [0.1, 0.15) is 11.8 Å². The number of rotatable bonds is 2. The first-order valence-corrected chi connectivity index (χ1v) is 6.69. The van der Waals surface area contributed by atoms with Gasteiger partial charge in [0.15, 0.2) is 0 Å². The second kappa shape index (κ2) is 4.43. The monoisotopic (exact) mass is 248 g/mol. The summed E-state index contributed by atoms with van der Waals surface area (Å²) in [4.78, 5) is 14.5. The van der Waals surface area contributed by atoms with Gasteiger partial charge in [0.05, 0.1) is 0 Å². The fraction of sp³-hybridized carbons (Fsp3) is 0.643. The van der Waals surface area contributed by atoms with E-state index in [0.29, 0.717) is 17.8 Å². The molecular formula is C14H20N2O2. The number of fused-ring (bicyclic) bond motifs is 2. The molecular weight excluding hydrogens is 228 g/mol. The third-order valence-corrected chi connectivity index (χ3v) is 4.48. The molecule has 18 heavy (non-hydrogen) atoms. The van der Waals surface area contributed by atoms with Crippen molar-refractivity contribution in [1.82, 2.24) is 9.47 Å². The SMILES string of the molecule is CN1C2CCC1CC(OC(=O)c1cccn1C)C2. The Morgan fingerprint density at radius 1 is 1.28 bits per heavy atom. The molecule has 0 aliphatic carbocycles. The van der Waals surface area contributed by atoms with Crippen molar-refractivity contribution in [3.63, 3.8) is 0 Å². The Balaban J connectivity index is 1.65. The van der Waals surface area contributed by atoms with Gasteiger partial charge in [-0.3, -0.25) is 0 Å². The maximum absolute atomic E-state index is 12.1. The van der Waals surface area contributed by atoms with E-state index in [0.717, 1.165) is 12.8 Å². The number of carbonyl (C=O) groups excluding carboxylic acids is 1. The summed E-state index contributed by atoms with van der Waals surface area (Å²) in [6.45, 7) is 0. The first-order chi connectivity index (χ1) is 8.65. The Morgan fingerprint density at radius 2 is 1.94 bits per heavy atom. The van der Waals surface area contributed by atoms with Crippen LogP contribution in [0.1, 0.15) is 36.2 Å². The van der Waals surface area contributed by atoms with E-state index in [2.05, 4.69) is 11.9 Å².